The lowest BCUT2D eigenvalue weighted by atomic mass is 10.0. The Kier molecular flexibility index (Phi) is 7.68. The minimum Gasteiger partial charge on any atom is -0.406 e. The molecule has 0 radical (unpaired) electrons. The molecule has 1 heterocycles. The Hall–Kier alpha value is -2.29. The van der Waals surface area contributed by atoms with E-state index in [0.717, 1.165) is 25.0 Å². The van der Waals surface area contributed by atoms with Gasteiger partial charge in [0.25, 0.3) is 0 Å². The summed E-state index contributed by atoms with van der Waals surface area (Å²) in [6.45, 7) is 6.54. The normalized spacial score (nSPS) is 16.5. The number of halogens is 3. The molecule has 9 heteroatoms. The first-order chi connectivity index (χ1) is 13.2. The highest BCUT2D eigenvalue weighted by molar-refractivity contribution is 5.92. The van der Waals surface area contributed by atoms with E-state index in [1.165, 1.54) is 12.1 Å². The van der Waals surface area contributed by atoms with Gasteiger partial charge in [-0.15, -0.1) is 13.2 Å². The second-order valence-electron chi connectivity index (χ2n) is 6.91. The number of nitrogens with one attached hydrogen (secondary N) is 1. The molecule has 1 fully saturated rings. The predicted octanol–water partition coefficient (Wildman–Crippen LogP) is 3.10. The number of alkyl halides is 3. The van der Waals surface area contributed by atoms with Gasteiger partial charge < -0.3 is 15.0 Å². The topological polar surface area (TPSA) is 61.9 Å². The van der Waals surface area contributed by atoms with Crippen LogP contribution in [-0.2, 0) is 9.59 Å². The Morgan fingerprint density at radius 3 is 2.29 bits per heavy atom. The molecule has 1 saturated heterocycles. The van der Waals surface area contributed by atoms with Crippen LogP contribution in [0.5, 0.6) is 5.75 Å². The van der Waals surface area contributed by atoms with E-state index in [2.05, 4.69) is 17.0 Å². The Morgan fingerprint density at radius 2 is 1.75 bits per heavy atom. The van der Waals surface area contributed by atoms with Crippen molar-refractivity contribution in [2.24, 2.45) is 5.92 Å². The number of benzene rings is 1. The molecule has 1 aromatic carbocycles. The van der Waals surface area contributed by atoms with Gasteiger partial charge in [-0.25, -0.2) is 0 Å². The molecule has 1 atom stereocenters. The van der Waals surface area contributed by atoms with Crippen LogP contribution in [0.3, 0.4) is 0 Å². The van der Waals surface area contributed by atoms with Gasteiger partial charge in [0.1, 0.15) is 5.75 Å². The van der Waals surface area contributed by atoms with E-state index < -0.39 is 6.36 Å². The summed E-state index contributed by atoms with van der Waals surface area (Å²) in [6.07, 6.45) is -2.91. The van der Waals surface area contributed by atoms with Gasteiger partial charge in [0.2, 0.25) is 11.8 Å². The number of carbonyl (C=O) groups excluding carboxylic acids is 2. The number of piperazine rings is 1. The van der Waals surface area contributed by atoms with E-state index in [4.69, 9.17) is 0 Å². The van der Waals surface area contributed by atoms with Crippen molar-refractivity contribution in [2.45, 2.75) is 33.1 Å². The number of hydrogen-bond donors (Lipinski definition) is 1. The summed E-state index contributed by atoms with van der Waals surface area (Å²) in [4.78, 5) is 28.3. The van der Waals surface area contributed by atoms with Crippen molar-refractivity contribution in [3.05, 3.63) is 24.3 Å². The largest absolute Gasteiger partial charge is 0.573 e. The first-order valence-electron chi connectivity index (χ1n) is 9.34. The lowest BCUT2D eigenvalue weighted by Crippen LogP contribution is -2.51. The molecule has 1 aliphatic rings. The van der Waals surface area contributed by atoms with Crippen LogP contribution in [-0.4, -0.2) is 60.7 Å². The van der Waals surface area contributed by atoms with Crippen molar-refractivity contribution in [3.63, 3.8) is 0 Å². The second-order valence-corrected chi connectivity index (χ2v) is 6.91. The quantitative estimate of drug-likeness (QED) is 0.763. The number of rotatable bonds is 7. The fraction of sp³-hybridized carbons (Fsp3) is 0.579. The monoisotopic (exact) mass is 401 g/mol. The molecule has 6 nitrogen and oxygen atoms in total. The first-order valence-corrected chi connectivity index (χ1v) is 9.34. The molecule has 1 N–H and O–H groups in total. The number of carbonyl (C=O) groups is 2. The van der Waals surface area contributed by atoms with Gasteiger partial charge in [-0.1, -0.05) is 20.3 Å². The smallest absolute Gasteiger partial charge is 0.406 e. The molecule has 1 aliphatic heterocycles. The minimum absolute atomic E-state index is 0.0177. The Balaban J connectivity index is 1.76. The first kappa shape index (κ1) is 22.0. The molecule has 0 spiro atoms. The summed E-state index contributed by atoms with van der Waals surface area (Å²) in [7, 11) is 0. The maximum atomic E-state index is 12.3. The molecule has 28 heavy (non-hydrogen) atoms. The third kappa shape index (κ3) is 7.03. The molecular weight excluding hydrogens is 375 g/mol. The molecule has 1 unspecified atom stereocenters. The van der Waals surface area contributed by atoms with Crippen LogP contribution in [0.1, 0.15) is 26.7 Å². The van der Waals surface area contributed by atoms with Crippen LogP contribution in [0, 0.1) is 5.92 Å². The van der Waals surface area contributed by atoms with Crippen LogP contribution in [0.25, 0.3) is 0 Å². The van der Waals surface area contributed by atoms with Crippen molar-refractivity contribution in [3.8, 4) is 5.75 Å². The van der Waals surface area contributed by atoms with Gasteiger partial charge in [-0.2, -0.15) is 0 Å². The average molecular weight is 401 g/mol. The maximum absolute atomic E-state index is 12.3. The number of ether oxygens (including phenoxy) is 1. The van der Waals surface area contributed by atoms with Crippen molar-refractivity contribution < 1.29 is 27.5 Å². The lowest BCUT2D eigenvalue weighted by Gasteiger charge is -2.35. The highest BCUT2D eigenvalue weighted by Crippen LogP contribution is 2.24. The SMILES string of the molecule is CCCC(C)C(=O)N1CCN(CC(=O)Nc2ccc(OC(F)(F)F)cc2)CC1. The molecule has 1 aromatic rings. The Morgan fingerprint density at radius 1 is 1.14 bits per heavy atom. The Labute approximate surface area is 162 Å². The van der Waals surface area contributed by atoms with Gasteiger partial charge in [0, 0.05) is 37.8 Å². The number of amides is 2. The van der Waals surface area contributed by atoms with E-state index in [1.54, 1.807) is 0 Å². The zero-order chi connectivity index (χ0) is 20.7. The van der Waals surface area contributed by atoms with Gasteiger partial charge >= 0.3 is 6.36 Å². The third-order valence-electron chi connectivity index (χ3n) is 4.57. The van der Waals surface area contributed by atoms with Crippen molar-refractivity contribution >= 4 is 17.5 Å². The van der Waals surface area contributed by atoms with Crippen LogP contribution in [0.2, 0.25) is 0 Å². The number of hydrogen-bond acceptors (Lipinski definition) is 4. The van der Waals surface area contributed by atoms with E-state index in [1.807, 2.05) is 16.7 Å². The van der Waals surface area contributed by atoms with Crippen LogP contribution in [0.15, 0.2) is 24.3 Å². The second kappa shape index (κ2) is 9.77. The van der Waals surface area contributed by atoms with E-state index in [0.29, 0.717) is 31.9 Å². The molecular formula is C19H26F3N3O3. The molecule has 0 bridgehead atoms. The summed E-state index contributed by atoms with van der Waals surface area (Å²) >= 11 is 0. The zero-order valence-electron chi connectivity index (χ0n) is 16.1. The minimum atomic E-state index is -4.75. The van der Waals surface area contributed by atoms with Crippen LogP contribution >= 0.6 is 0 Å². The standard InChI is InChI=1S/C19H26F3N3O3/c1-3-4-14(2)18(27)25-11-9-24(10-12-25)13-17(26)23-15-5-7-16(8-6-15)28-19(20,21)22/h5-8,14H,3-4,9-13H2,1-2H3,(H,23,26). The predicted molar refractivity (Wildman–Crippen MR) is 98.8 cm³/mol. The van der Waals surface area contributed by atoms with Gasteiger partial charge in [0.15, 0.2) is 0 Å². The molecule has 2 rings (SSSR count). The van der Waals surface area contributed by atoms with E-state index >= 15 is 0 Å². The maximum Gasteiger partial charge on any atom is 0.573 e. The molecule has 156 valence electrons. The zero-order valence-corrected chi connectivity index (χ0v) is 16.1. The highest BCUT2D eigenvalue weighted by atomic mass is 19.4. The van der Waals surface area contributed by atoms with Crippen molar-refractivity contribution in [2.75, 3.05) is 38.0 Å². The number of anilines is 1. The highest BCUT2D eigenvalue weighted by Gasteiger charge is 2.31. The fourth-order valence-electron chi connectivity index (χ4n) is 3.14. The van der Waals surface area contributed by atoms with Gasteiger partial charge in [-0.05, 0) is 30.7 Å². The van der Waals surface area contributed by atoms with Gasteiger partial charge in [0.05, 0.1) is 6.54 Å². The molecule has 0 aliphatic carbocycles. The molecule has 2 amide bonds. The van der Waals surface area contributed by atoms with E-state index in [9.17, 15) is 22.8 Å². The summed E-state index contributed by atoms with van der Waals surface area (Å²) < 4.78 is 40.2. The van der Waals surface area contributed by atoms with E-state index in [-0.39, 0.29) is 30.0 Å². The summed E-state index contributed by atoms with van der Waals surface area (Å²) in [5.41, 5.74) is 0.390. The molecule has 0 aromatic heterocycles. The lowest BCUT2D eigenvalue weighted by molar-refractivity contribution is -0.274. The number of nitrogens with zero attached hydrogens (tertiary/aromatic N) is 2. The fourth-order valence-corrected chi connectivity index (χ4v) is 3.14. The third-order valence-corrected chi connectivity index (χ3v) is 4.57. The molecule has 0 saturated carbocycles. The Bertz CT molecular complexity index is 657. The summed E-state index contributed by atoms with van der Waals surface area (Å²) in [6, 6.07) is 4.99. The summed E-state index contributed by atoms with van der Waals surface area (Å²) in [5.74, 6) is -0.427. The van der Waals surface area contributed by atoms with Crippen LogP contribution in [0.4, 0.5) is 18.9 Å². The average Bonchev–Trinajstić information content (AvgIpc) is 2.62. The van der Waals surface area contributed by atoms with Gasteiger partial charge in [-0.3, -0.25) is 14.5 Å². The van der Waals surface area contributed by atoms with Crippen molar-refractivity contribution in [1.82, 2.24) is 9.80 Å². The van der Waals surface area contributed by atoms with Crippen LogP contribution < -0.4 is 10.1 Å². The summed E-state index contributed by atoms with van der Waals surface area (Å²) in [5, 5.41) is 2.65. The van der Waals surface area contributed by atoms with Crippen molar-refractivity contribution in [1.29, 1.82) is 0 Å².